The summed E-state index contributed by atoms with van der Waals surface area (Å²) in [5.74, 6) is 0.0948. The minimum absolute atomic E-state index is 0. The standard InChI is InChI=1S/C30H40F3N5O3.CH4/c1-29(2,3)21-4-6-22(7-5-21)34-23-10-15-36(16-11-23)17-14-28(39)37-18-12-24(13-19-37)35-25-8-9-27(38(40)41)26(20-25)30(31,32)33;/h4-9,20,23-24,34-35H,10-19H2,1-3H3;1H4. The third-order valence-electron chi connectivity index (χ3n) is 8.07. The number of alkyl halides is 3. The van der Waals surface area contributed by atoms with Crippen LogP contribution in [-0.2, 0) is 16.4 Å². The van der Waals surface area contributed by atoms with Crippen LogP contribution in [0.3, 0.4) is 0 Å². The predicted molar refractivity (Wildman–Crippen MR) is 161 cm³/mol. The summed E-state index contributed by atoms with van der Waals surface area (Å²) in [7, 11) is 0. The smallest absolute Gasteiger partial charge is 0.382 e. The first-order chi connectivity index (χ1) is 19.3. The number of nitro groups is 1. The van der Waals surface area contributed by atoms with Gasteiger partial charge in [-0.25, -0.2) is 0 Å². The lowest BCUT2D eigenvalue weighted by molar-refractivity contribution is -0.388. The third-order valence-corrected chi connectivity index (χ3v) is 8.07. The third kappa shape index (κ3) is 8.83. The highest BCUT2D eigenvalue weighted by molar-refractivity contribution is 5.76. The number of rotatable bonds is 8. The van der Waals surface area contributed by atoms with Gasteiger partial charge in [-0.3, -0.25) is 14.9 Å². The number of hydrogen-bond acceptors (Lipinski definition) is 6. The molecule has 0 saturated carbocycles. The number of amides is 1. The molecule has 0 atom stereocenters. The molecule has 2 aromatic rings. The highest BCUT2D eigenvalue weighted by Gasteiger charge is 2.38. The van der Waals surface area contributed by atoms with E-state index in [9.17, 15) is 28.1 Å². The van der Waals surface area contributed by atoms with Gasteiger partial charge in [0.2, 0.25) is 5.91 Å². The molecule has 2 N–H and O–H groups in total. The Morgan fingerprint density at radius 3 is 1.95 bits per heavy atom. The van der Waals surface area contributed by atoms with Gasteiger partial charge in [0.05, 0.1) is 4.92 Å². The Balaban J connectivity index is 0.00000484. The molecule has 2 fully saturated rings. The first-order valence-corrected chi connectivity index (χ1v) is 14.3. The molecule has 2 heterocycles. The summed E-state index contributed by atoms with van der Waals surface area (Å²) in [4.78, 5) is 27.0. The fraction of sp³-hybridized carbons (Fsp3) is 0.581. The molecule has 0 radical (unpaired) electrons. The second kappa shape index (κ2) is 13.8. The van der Waals surface area contributed by atoms with Crippen LogP contribution in [0.5, 0.6) is 0 Å². The molecule has 0 aliphatic carbocycles. The maximum atomic E-state index is 13.3. The van der Waals surface area contributed by atoms with Crippen molar-refractivity contribution in [3.05, 3.63) is 63.7 Å². The average Bonchev–Trinajstić information content (AvgIpc) is 2.92. The van der Waals surface area contributed by atoms with Crippen molar-refractivity contribution in [1.82, 2.24) is 9.80 Å². The van der Waals surface area contributed by atoms with Crippen molar-refractivity contribution in [3.63, 3.8) is 0 Å². The van der Waals surface area contributed by atoms with Crippen molar-refractivity contribution < 1.29 is 22.9 Å². The molecule has 11 heteroatoms. The molecule has 2 aliphatic rings. The van der Waals surface area contributed by atoms with Crippen LogP contribution in [0, 0.1) is 10.1 Å². The van der Waals surface area contributed by atoms with Crippen LogP contribution >= 0.6 is 0 Å². The summed E-state index contributed by atoms with van der Waals surface area (Å²) >= 11 is 0. The lowest BCUT2D eigenvalue weighted by Crippen LogP contribution is -2.44. The quantitative estimate of drug-likeness (QED) is 0.256. The summed E-state index contributed by atoms with van der Waals surface area (Å²) in [5.41, 5.74) is 0.538. The van der Waals surface area contributed by atoms with E-state index in [1.54, 1.807) is 0 Å². The second-order valence-corrected chi connectivity index (χ2v) is 12.1. The van der Waals surface area contributed by atoms with Crippen LogP contribution in [0.1, 0.15) is 71.4 Å². The van der Waals surface area contributed by atoms with Gasteiger partial charge in [0.1, 0.15) is 5.56 Å². The summed E-state index contributed by atoms with van der Waals surface area (Å²) in [6.07, 6.45) is -1.15. The number of carbonyl (C=O) groups excluding carboxylic acids is 1. The first-order valence-electron chi connectivity index (χ1n) is 14.3. The van der Waals surface area contributed by atoms with E-state index in [2.05, 4.69) is 60.6 Å². The minimum atomic E-state index is -4.82. The molecule has 2 aromatic carbocycles. The van der Waals surface area contributed by atoms with Crippen LogP contribution in [0.2, 0.25) is 0 Å². The van der Waals surface area contributed by atoms with Gasteiger partial charge < -0.3 is 20.4 Å². The van der Waals surface area contributed by atoms with E-state index in [-0.39, 0.29) is 30.5 Å². The largest absolute Gasteiger partial charge is 0.423 e. The second-order valence-electron chi connectivity index (χ2n) is 12.1. The number of nitrogens with one attached hydrogen (secondary N) is 2. The molecule has 42 heavy (non-hydrogen) atoms. The van der Waals surface area contributed by atoms with Gasteiger partial charge in [-0.05, 0) is 60.9 Å². The van der Waals surface area contributed by atoms with Gasteiger partial charge in [-0.2, -0.15) is 13.2 Å². The number of anilines is 2. The van der Waals surface area contributed by atoms with Crippen LogP contribution in [0.4, 0.5) is 30.2 Å². The fourth-order valence-corrected chi connectivity index (χ4v) is 5.54. The van der Waals surface area contributed by atoms with Gasteiger partial charge >= 0.3 is 6.18 Å². The predicted octanol–water partition coefficient (Wildman–Crippen LogP) is 6.92. The first kappa shape index (κ1) is 33.2. The highest BCUT2D eigenvalue weighted by Crippen LogP contribution is 2.38. The van der Waals surface area contributed by atoms with E-state index >= 15 is 0 Å². The Kier molecular flexibility index (Phi) is 10.9. The topological polar surface area (TPSA) is 90.8 Å². The van der Waals surface area contributed by atoms with Crippen molar-refractivity contribution in [2.24, 2.45) is 0 Å². The maximum Gasteiger partial charge on any atom is 0.423 e. The van der Waals surface area contributed by atoms with Crippen LogP contribution in [-0.4, -0.2) is 65.4 Å². The summed E-state index contributed by atoms with van der Waals surface area (Å²) < 4.78 is 39.9. The lowest BCUT2D eigenvalue weighted by atomic mass is 9.87. The maximum absolute atomic E-state index is 13.3. The molecule has 4 rings (SSSR count). The van der Waals surface area contributed by atoms with Crippen molar-refractivity contribution >= 4 is 23.0 Å². The number of nitrogens with zero attached hydrogens (tertiary/aromatic N) is 3. The Hall–Kier alpha value is -3.34. The summed E-state index contributed by atoms with van der Waals surface area (Å²) in [5, 5.41) is 17.7. The molecule has 0 spiro atoms. The average molecular weight is 592 g/mol. The van der Waals surface area contributed by atoms with Crippen LogP contribution in [0.25, 0.3) is 0 Å². The van der Waals surface area contributed by atoms with Crippen LogP contribution in [0.15, 0.2) is 42.5 Å². The normalized spacial score (nSPS) is 17.4. The van der Waals surface area contributed by atoms with Gasteiger partial charge in [0.25, 0.3) is 5.69 Å². The van der Waals surface area contributed by atoms with Gasteiger partial charge in [0.15, 0.2) is 0 Å². The van der Waals surface area contributed by atoms with Crippen molar-refractivity contribution in [2.45, 2.75) is 84.0 Å². The zero-order valence-corrected chi connectivity index (χ0v) is 24.0. The molecule has 8 nitrogen and oxygen atoms in total. The van der Waals surface area contributed by atoms with Crippen LogP contribution < -0.4 is 10.6 Å². The van der Waals surface area contributed by atoms with E-state index in [0.29, 0.717) is 44.9 Å². The summed E-state index contributed by atoms with van der Waals surface area (Å²) in [6, 6.07) is 11.9. The molecule has 0 bridgehead atoms. The van der Waals surface area contributed by atoms with E-state index in [4.69, 9.17) is 0 Å². The zero-order chi connectivity index (χ0) is 29.8. The molecule has 0 unspecified atom stereocenters. The van der Waals surface area contributed by atoms with Gasteiger partial charge in [0, 0.05) is 68.7 Å². The zero-order valence-electron chi connectivity index (χ0n) is 24.0. The number of hydrogen-bond donors (Lipinski definition) is 2. The summed E-state index contributed by atoms with van der Waals surface area (Å²) in [6.45, 7) is 10.3. The Morgan fingerprint density at radius 2 is 1.43 bits per heavy atom. The van der Waals surface area contributed by atoms with E-state index in [1.807, 2.05) is 4.90 Å². The van der Waals surface area contributed by atoms with E-state index < -0.39 is 22.4 Å². The number of piperidine rings is 2. The number of halogens is 3. The Labute approximate surface area is 246 Å². The van der Waals surface area contributed by atoms with Crippen molar-refractivity contribution in [3.8, 4) is 0 Å². The van der Waals surface area contributed by atoms with E-state index in [0.717, 1.165) is 43.8 Å². The molecular weight excluding hydrogens is 547 g/mol. The van der Waals surface area contributed by atoms with E-state index in [1.165, 1.54) is 11.6 Å². The molecule has 2 aliphatic heterocycles. The molecule has 1 amide bonds. The van der Waals surface area contributed by atoms with Gasteiger partial charge in [-0.1, -0.05) is 40.3 Å². The Bertz CT molecular complexity index is 1200. The molecular formula is C31H44F3N5O3. The number of carbonyl (C=O) groups is 1. The SMILES string of the molecule is C.CC(C)(C)c1ccc(NC2CCN(CCC(=O)N3CCC(Nc4ccc([N+](=O)[O-])c(C(F)(F)F)c4)CC3)CC2)cc1. The van der Waals surface area contributed by atoms with Gasteiger partial charge in [-0.15, -0.1) is 0 Å². The van der Waals surface area contributed by atoms with Crippen molar-refractivity contribution in [1.29, 1.82) is 0 Å². The molecule has 2 saturated heterocycles. The molecule has 0 aromatic heterocycles. The number of nitro benzene ring substituents is 1. The fourth-order valence-electron chi connectivity index (χ4n) is 5.54. The minimum Gasteiger partial charge on any atom is -0.382 e. The lowest BCUT2D eigenvalue weighted by Gasteiger charge is -2.35. The monoisotopic (exact) mass is 591 g/mol. The molecule has 232 valence electrons. The van der Waals surface area contributed by atoms with Crippen molar-refractivity contribution in [2.75, 3.05) is 43.4 Å². The highest BCUT2D eigenvalue weighted by atomic mass is 19.4. The number of likely N-dealkylation sites (tertiary alicyclic amines) is 2. The Morgan fingerprint density at radius 1 is 0.905 bits per heavy atom. The number of benzene rings is 2.